The van der Waals surface area contributed by atoms with Gasteiger partial charge in [0, 0.05) is 32.1 Å². The lowest BCUT2D eigenvalue weighted by atomic mass is 10.1. The van der Waals surface area contributed by atoms with Crippen molar-refractivity contribution in [2.45, 2.75) is 17.1 Å². The van der Waals surface area contributed by atoms with E-state index < -0.39 is 17.1 Å². The first-order valence-corrected chi connectivity index (χ1v) is 16.2. The number of anilines is 2. The number of amides is 3. The Morgan fingerprint density at radius 1 is 0.913 bits per heavy atom. The number of nitrogens with one attached hydrogen (secondary N) is 3. The number of aromatic nitrogens is 1. The number of methoxy groups -OCH3 is 1. The van der Waals surface area contributed by atoms with Crippen molar-refractivity contribution >= 4 is 69.3 Å². The first kappa shape index (κ1) is 32.5. The van der Waals surface area contributed by atoms with E-state index in [0.29, 0.717) is 27.0 Å². The second-order valence-electron chi connectivity index (χ2n) is 9.90. The monoisotopic (exact) mass is 668 g/mol. The number of thioether (sulfide) groups is 1. The maximum Gasteiger partial charge on any atom is 0.272 e. The zero-order valence-corrected chi connectivity index (χ0v) is 27.2. The van der Waals surface area contributed by atoms with Crippen molar-refractivity contribution in [3.8, 4) is 17.0 Å². The Morgan fingerprint density at radius 3 is 2.46 bits per heavy atom. The van der Waals surface area contributed by atoms with Crippen molar-refractivity contribution in [2.75, 3.05) is 17.7 Å². The van der Waals surface area contributed by atoms with Crippen molar-refractivity contribution in [2.24, 2.45) is 0 Å². The molecule has 0 saturated heterocycles. The third-order valence-corrected chi connectivity index (χ3v) is 8.80. The van der Waals surface area contributed by atoms with E-state index in [1.165, 1.54) is 29.2 Å². The van der Waals surface area contributed by atoms with E-state index in [0.717, 1.165) is 21.9 Å². The van der Waals surface area contributed by atoms with Crippen LogP contribution in [0.3, 0.4) is 0 Å². The SMILES string of the molecule is COc1cccc(-c2csc(NC(=O)C(C)Sc3cccc(NC(=O)/C(=C\c4ccccc4Cl)NC(=O)c4ccccc4)c3)n2)c1. The molecule has 0 bridgehead atoms. The number of nitrogens with zero attached hydrogens (tertiary/aromatic N) is 1. The molecule has 3 N–H and O–H groups in total. The van der Waals surface area contributed by atoms with Gasteiger partial charge >= 0.3 is 0 Å². The Labute approximate surface area is 279 Å². The average molecular weight is 669 g/mol. The van der Waals surface area contributed by atoms with Crippen LogP contribution in [-0.4, -0.2) is 35.1 Å². The van der Waals surface area contributed by atoms with Gasteiger partial charge in [-0.15, -0.1) is 23.1 Å². The molecule has 0 aliphatic rings. The number of thiazole rings is 1. The fourth-order valence-electron chi connectivity index (χ4n) is 4.25. The van der Waals surface area contributed by atoms with Gasteiger partial charge in [-0.1, -0.05) is 66.2 Å². The summed E-state index contributed by atoms with van der Waals surface area (Å²) in [5.41, 5.74) is 3.12. The summed E-state index contributed by atoms with van der Waals surface area (Å²) in [6.07, 6.45) is 1.53. The molecule has 0 spiro atoms. The molecule has 11 heteroatoms. The lowest BCUT2D eigenvalue weighted by Gasteiger charge is -2.14. The van der Waals surface area contributed by atoms with Gasteiger partial charge in [0.1, 0.15) is 11.4 Å². The summed E-state index contributed by atoms with van der Waals surface area (Å²) >= 11 is 9.02. The minimum absolute atomic E-state index is 0.0181. The Morgan fingerprint density at radius 2 is 1.67 bits per heavy atom. The number of hydrogen-bond acceptors (Lipinski definition) is 7. The van der Waals surface area contributed by atoms with E-state index in [1.807, 2.05) is 35.7 Å². The first-order chi connectivity index (χ1) is 22.3. The summed E-state index contributed by atoms with van der Waals surface area (Å²) < 4.78 is 5.29. The van der Waals surface area contributed by atoms with Crippen LogP contribution in [-0.2, 0) is 9.59 Å². The summed E-state index contributed by atoms with van der Waals surface area (Å²) in [6.45, 7) is 1.80. The summed E-state index contributed by atoms with van der Waals surface area (Å²) in [4.78, 5) is 44.7. The Hall–Kier alpha value is -4.90. The molecule has 3 amide bonds. The van der Waals surface area contributed by atoms with Crippen LogP contribution in [0.25, 0.3) is 17.3 Å². The molecule has 4 aromatic carbocycles. The number of hydrogen-bond donors (Lipinski definition) is 3. The molecule has 232 valence electrons. The van der Waals surface area contributed by atoms with Gasteiger partial charge in [-0.05, 0) is 67.1 Å². The van der Waals surface area contributed by atoms with E-state index in [4.69, 9.17) is 16.3 Å². The second-order valence-corrected chi connectivity index (χ2v) is 12.6. The first-order valence-electron chi connectivity index (χ1n) is 14.1. The van der Waals surface area contributed by atoms with Gasteiger partial charge in [0.05, 0.1) is 18.1 Å². The standard InChI is InChI=1S/C35H29ClN4O4S2/c1-22(32(41)40-35-39-31(21-45-35)25-13-8-15-27(18-25)44-2)46-28-16-9-14-26(20-28)37-34(43)30(19-24-12-6-7-17-29(24)36)38-33(42)23-10-4-3-5-11-23/h3-22H,1-2H3,(H,37,43)(H,38,42)(H,39,40,41)/b30-19+. The molecule has 0 aliphatic heterocycles. The van der Waals surface area contributed by atoms with Gasteiger partial charge in [-0.25, -0.2) is 4.98 Å². The van der Waals surface area contributed by atoms with Gasteiger partial charge < -0.3 is 20.7 Å². The molecule has 0 saturated carbocycles. The van der Waals surface area contributed by atoms with Crippen LogP contribution in [0.15, 0.2) is 119 Å². The molecule has 0 aliphatic carbocycles. The highest BCUT2D eigenvalue weighted by Gasteiger charge is 2.19. The number of carbonyl (C=O) groups is 3. The van der Waals surface area contributed by atoms with Crippen LogP contribution < -0.4 is 20.7 Å². The maximum absolute atomic E-state index is 13.5. The lowest BCUT2D eigenvalue weighted by Crippen LogP contribution is -2.30. The molecule has 1 heterocycles. The second kappa shape index (κ2) is 15.4. The maximum atomic E-state index is 13.5. The molecule has 5 rings (SSSR count). The highest BCUT2D eigenvalue weighted by Crippen LogP contribution is 2.30. The molecule has 1 atom stereocenters. The number of rotatable bonds is 11. The minimum Gasteiger partial charge on any atom is -0.497 e. The van der Waals surface area contributed by atoms with E-state index in [9.17, 15) is 14.4 Å². The van der Waals surface area contributed by atoms with Gasteiger partial charge in [0.15, 0.2) is 5.13 Å². The van der Waals surface area contributed by atoms with Gasteiger partial charge in [0.2, 0.25) is 5.91 Å². The third-order valence-electron chi connectivity index (χ3n) is 6.61. The normalized spacial score (nSPS) is 11.8. The zero-order valence-electron chi connectivity index (χ0n) is 24.8. The minimum atomic E-state index is -0.534. The van der Waals surface area contributed by atoms with Crippen molar-refractivity contribution < 1.29 is 19.1 Å². The Kier molecular flexibility index (Phi) is 10.9. The van der Waals surface area contributed by atoms with E-state index >= 15 is 0 Å². The third kappa shape index (κ3) is 8.63. The van der Waals surface area contributed by atoms with Gasteiger partial charge in [0.25, 0.3) is 11.8 Å². The Balaban J connectivity index is 1.25. The highest BCUT2D eigenvalue weighted by atomic mass is 35.5. The van der Waals surface area contributed by atoms with E-state index in [1.54, 1.807) is 86.8 Å². The summed E-state index contributed by atoms with van der Waals surface area (Å²) in [6, 6.07) is 30.3. The molecule has 8 nitrogen and oxygen atoms in total. The molecule has 0 fully saturated rings. The molecule has 46 heavy (non-hydrogen) atoms. The lowest BCUT2D eigenvalue weighted by molar-refractivity contribution is -0.115. The van der Waals surface area contributed by atoms with Gasteiger partial charge in [-0.2, -0.15) is 0 Å². The zero-order chi connectivity index (χ0) is 32.5. The average Bonchev–Trinajstić information content (AvgIpc) is 3.54. The Bertz CT molecular complexity index is 1890. The van der Waals surface area contributed by atoms with Crippen LogP contribution in [0.1, 0.15) is 22.8 Å². The van der Waals surface area contributed by atoms with Crippen molar-refractivity contribution in [3.63, 3.8) is 0 Å². The fraction of sp³-hybridized carbons (Fsp3) is 0.0857. The fourth-order valence-corrected chi connectivity index (χ4v) is 6.09. The van der Waals surface area contributed by atoms with Gasteiger partial charge in [-0.3, -0.25) is 14.4 Å². The van der Waals surface area contributed by atoms with Crippen molar-refractivity contribution in [1.29, 1.82) is 0 Å². The van der Waals surface area contributed by atoms with E-state index in [-0.39, 0.29) is 11.6 Å². The van der Waals surface area contributed by atoms with Crippen LogP contribution in [0.2, 0.25) is 5.02 Å². The quantitative estimate of drug-likeness (QED) is 0.0972. The van der Waals surface area contributed by atoms with Crippen LogP contribution in [0.5, 0.6) is 5.75 Å². The van der Waals surface area contributed by atoms with Crippen LogP contribution >= 0.6 is 34.7 Å². The number of halogens is 1. The van der Waals surface area contributed by atoms with E-state index in [2.05, 4.69) is 20.9 Å². The van der Waals surface area contributed by atoms with Crippen molar-refractivity contribution in [1.82, 2.24) is 10.3 Å². The van der Waals surface area contributed by atoms with Crippen LogP contribution in [0, 0.1) is 0 Å². The van der Waals surface area contributed by atoms with Crippen molar-refractivity contribution in [3.05, 3.63) is 130 Å². The number of ether oxygens (including phenoxy) is 1. The molecular formula is C35H29ClN4O4S2. The predicted molar refractivity (Wildman–Crippen MR) is 186 cm³/mol. The largest absolute Gasteiger partial charge is 0.497 e. The molecule has 0 radical (unpaired) electrons. The molecular weight excluding hydrogens is 640 g/mol. The molecule has 1 unspecified atom stereocenters. The highest BCUT2D eigenvalue weighted by molar-refractivity contribution is 8.00. The smallest absolute Gasteiger partial charge is 0.272 e. The predicted octanol–water partition coefficient (Wildman–Crippen LogP) is 8.00. The number of benzene rings is 4. The summed E-state index contributed by atoms with van der Waals surface area (Å²) in [5.74, 6) is -0.453. The summed E-state index contributed by atoms with van der Waals surface area (Å²) in [5, 5.41) is 10.8. The molecule has 5 aromatic rings. The summed E-state index contributed by atoms with van der Waals surface area (Å²) in [7, 11) is 1.61. The molecule has 1 aromatic heterocycles. The topological polar surface area (TPSA) is 109 Å². The number of carbonyl (C=O) groups excluding carboxylic acids is 3. The van der Waals surface area contributed by atoms with Crippen LogP contribution in [0.4, 0.5) is 10.8 Å².